The summed E-state index contributed by atoms with van der Waals surface area (Å²) in [6.07, 6.45) is 6.24. The molecule has 1 aromatic rings. The summed E-state index contributed by atoms with van der Waals surface area (Å²) >= 11 is 6.14. The molecule has 3 rings (SSSR count). The summed E-state index contributed by atoms with van der Waals surface area (Å²) in [7, 11) is 0.0102. The van der Waals surface area contributed by atoms with Gasteiger partial charge in [-0.25, -0.2) is 8.42 Å². The number of hydrogen-bond acceptors (Lipinski definition) is 5. The molecule has 2 atom stereocenters. The lowest BCUT2D eigenvalue weighted by Gasteiger charge is -2.35. The standard InChI is InChI=1S/C23H33ClN4O4S/c1-16-14-21(17(2)13-19(16)24)33(31,32)28-12-9-25-23(30)20(28)15-22(29)27-10-6-5-7-18(8-11-27)26(3)4/h9,12-14,18,20H,5-8,10-11,15H2,1-4H3,(H,25,30)/t18-,20-/m1/s1. The largest absolute Gasteiger partial charge is 0.343 e. The van der Waals surface area contributed by atoms with Crippen LogP contribution in [0.25, 0.3) is 0 Å². The average Bonchev–Trinajstić information content (AvgIpc) is 2.71. The molecule has 0 radical (unpaired) electrons. The number of amides is 2. The van der Waals surface area contributed by atoms with Crippen molar-refractivity contribution >= 4 is 33.4 Å². The van der Waals surface area contributed by atoms with E-state index in [2.05, 4.69) is 10.2 Å². The van der Waals surface area contributed by atoms with Crippen molar-refractivity contribution in [2.24, 2.45) is 0 Å². The molecule has 0 aliphatic carbocycles. The molecule has 2 amide bonds. The number of likely N-dealkylation sites (tertiary alicyclic amines) is 1. The predicted molar refractivity (Wildman–Crippen MR) is 128 cm³/mol. The average molecular weight is 497 g/mol. The summed E-state index contributed by atoms with van der Waals surface area (Å²) < 4.78 is 28.1. The Bertz CT molecular complexity index is 1040. The van der Waals surface area contributed by atoms with E-state index in [-0.39, 0.29) is 17.2 Å². The van der Waals surface area contributed by atoms with Gasteiger partial charge in [0.1, 0.15) is 6.04 Å². The number of halogens is 1. The molecule has 1 aromatic carbocycles. The van der Waals surface area contributed by atoms with Gasteiger partial charge in [-0.05, 0) is 70.5 Å². The Morgan fingerprint density at radius 2 is 1.88 bits per heavy atom. The third kappa shape index (κ3) is 5.70. The second-order valence-electron chi connectivity index (χ2n) is 9.03. The number of benzene rings is 1. The van der Waals surface area contributed by atoms with Gasteiger partial charge in [-0.15, -0.1) is 0 Å². The summed E-state index contributed by atoms with van der Waals surface area (Å²) in [5, 5.41) is 3.02. The highest BCUT2D eigenvalue weighted by atomic mass is 35.5. The fourth-order valence-corrected chi connectivity index (χ4v) is 6.35. The number of carbonyl (C=O) groups excluding carboxylic acids is 2. The molecule has 2 heterocycles. The first kappa shape index (κ1) is 25.5. The minimum atomic E-state index is -4.07. The Morgan fingerprint density at radius 3 is 2.58 bits per heavy atom. The molecule has 33 heavy (non-hydrogen) atoms. The minimum absolute atomic E-state index is 0.0706. The van der Waals surface area contributed by atoms with E-state index in [1.807, 2.05) is 14.1 Å². The summed E-state index contributed by atoms with van der Waals surface area (Å²) in [4.78, 5) is 29.9. The molecule has 0 spiro atoms. The van der Waals surface area contributed by atoms with Crippen LogP contribution < -0.4 is 5.32 Å². The minimum Gasteiger partial charge on any atom is -0.343 e. The predicted octanol–water partition coefficient (Wildman–Crippen LogP) is 2.64. The number of rotatable bonds is 5. The van der Waals surface area contributed by atoms with E-state index in [9.17, 15) is 18.0 Å². The molecular weight excluding hydrogens is 464 g/mol. The normalized spacial score (nSPS) is 22.2. The molecule has 1 N–H and O–H groups in total. The van der Waals surface area contributed by atoms with E-state index in [4.69, 9.17) is 11.6 Å². The number of aryl methyl sites for hydroxylation is 2. The van der Waals surface area contributed by atoms with Gasteiger partial charge in [0.2, 0.25) is 11.8 Å². The number of nitrogens with one attached hydrogen (secondary N) is 1. The zero-order valence-electron chi connectivity index (χ0n) is 19.7. The second kappa shape index (κ2) is 10.4. The van der Waals surface area contributed by atoms with Crippen LogP contribution in [-0.4, -0.2) is 73.6 Å². The highest BCUT2D eigenvalue weighted by molar-refractivity contribution is 7.89. The van der Waals surface area contributed by atoms with E-state index in [0.29, 0.717) is 35.3 Å². The van der Waals surface area contributed by atoms with E-state index >= 15 is 0 Å². The first-order valence-corrected chi connectivity index (χ1v) is 13.1. The Labute approximate surface area is 201 Å². The molecule has 1 fully saturated rings. The van der Waals surface area contributed by atoms with Crippen molar-refractivity contribution in [2.75, 3.05) is 27.2 Å². The molecule has 2 aliphatic heterocycles. The van der Waals surface area contributed by atoms with E-state index < -0.39 is 22.0 Å². The van der Waals surface area contributed by atoms with Gasteiger partial charge in [-0.3, -0.25) is 13.9 Å². The van der Waals surface area contributed by atoms with Gasteiger partial charge in [-0.2, -0.15) is 0 Å². The van der Waals surface area contributed by atoms with Gasteiger partial charge < -0.3 is 15.1 Å². The van der Waals surface area contributed by atoms with Crippen LogP contribution >= 0.6 is 11.6 Å². The molecule has 0 bridgehead atoms. The summed E-state index contributed by atoms with van der Waals surface area (Å²) in [5.74, 6) is -0.731. The highest BCUT2D eigenvalue weighted by Gasteiger charge is 2.38. The van der Waals surface area contributed by atoms with Gasteiger partial charge in [-0.1, -0.05) is 18.0 Å². The molecule has 1 saturated heterocycles. The van der Waals surface area contributed by atoms with Crippen LogP contribution in [0.15, 0.2) is 29.4 Å². The number of sulfonamides is 1. The molecule has 8 nitrogen and oxygen atoms in total. The zero-order valence-corrected chi connectivity index (χ0v) is 21.2. The first-order chi connectivity index (χ1) is 15.5. The van der Waals surface area contributed by atoms with Crippen molar-refractivity contribution in [3.05, 3.63) is 40.7 Å². The lowest BCUT2D eigenvalue weighted by atomic mass is 10.0. The summed E-state index contributed by atoms with van der Waals surface area (Å²) in [6, 6.07) is 2.35. The molecule has 10 heteroatoms. The maximum Gasteiger partial charge on any atom is 0.264 e. The maximum absolute atomic E-state index is 13.5. The number of nitrogens with zero attached hydrogens (tertiary/aromatic N) is 3. The van der Waals surface area contributed by atoms with Crippen molar-refractivity contribution in [3.8, 4) is 0 Å². The third-order valence-corrected chi connectivity index (χ3v) is 8.80. The SMILES string of the molecule is Cc1cc(S(=O)(=O)N2C=CNC(=O)[C@H]2CC(=O)N2CCCC[C@@H](N(C)C)CC2)c(C)cc1Cl. The molecule has 0 saturated carbocycles. The lowest BCUT2D eigenvalue weighted by molar-refractivity contribution is -0.136. The van der Waals surface area contributed by atoms with Gasteiger partial charge >= 0.3 is 0 Å². The molecular formula is C23H33ClN4O4S. The van der Waals surface area contributed by atoms with Crippen molar-refractivity contribution in [1.82, 2.24) is 19.4 Å². The van der Waals surface area contributed by atoms with Crippen molar-refractivity contribution in [3.63, 3.8) is 0 Å². The molecule has 0 unspecified atom stereocenters. The van der Waals surface area contributed by atoms with Crippen LogP contribution in [0.3, 0.4) is 0 Å². The van der Waals surface area contributed by atoms with Gasteiger partial charge in [0.15, 0.2) is 0 Å². The first-order valence-electron chi connectivity index (χ1n) is 11.2. The third-order valence-electron chi connectivity index (χ3n) is 6.47. The Balaban J connectivity index is 1.84. The number of hydrogen-bond donors (Lipinski definition) is 1. The van der Waals surface area contributed by atoms with Gasteiger partial charge in [0.25, 0.3) is 10.0 Å². The summed E-state index contributed by atoms with van der Waals surface area (Å²) in [5.41, 5.74) is 1.10. The van der Waals surface area contributed by atoms with Crippen LogP contribution in [0.1, 0.15) is 43.2 Å². The van der Waals surface area contributed by atoms with Gasteiger partial charge in [0, 0.05) is 36.6 Å². The fourth-order valence-electron chi connectivity index (χ4n) is 4.39. The number of carbonyl (C=O) groups is 2. The Kier molecular flexibility index (Phi) is 8.08. The monoisotopic (exact) mass is 496 g/mol. The van der Waals surface area contributed by atoms with E-state index in [1.165, 1.54) is 18.5 Å². The summed E-state index contributed by atoms with van der Waals surface area (Å²) in [6.45, 7) is 4.59. The van der Waals surface area contributed by atoms with Gasteiger partial charge in [0.05, 0.1) is 11.3 Å². The van der Waals surface area contributed by atoms with Crippen LogP contribution in [0, 0.1) is 13.8 Å². The smallest absolute Gasteiger partial charge is 0.264 e. The van der Waals surface area contributed by atoms with Crippen LogP contribution in [-0.2, 0) is 19.6 Å². The van der Waals surface area contributed by atoms with Crippen LogP contribution in [0.2, 0.25) is 5.02 Å². The molecule has 182 valence electrons. The van der Waals surface area contributed by atoms with Crippen LogP contribution in [0.4, 0.5) is 0 Å². The maximum atomic E-state index is 13.5. The second-order valence-corrected chi connectivity index (χ2v) is 11.2. The topological polar surface area (TPSA) is 90.0 Å². The highest BCUT2D eigenvalue weighted by Crippen LogP contribution is 2.29. The Morgan fingerprint density at radius 1 is 1.15 bits per heavy atom. The molecule has 0 aromatic heterocycles. The van der Waals surface area contributed by atoms with Crippen molar-refractivity contribution < 1.29 is 18.0 Å². The Hall–Kier alpha value is -2.10. The fraction of sp³-hybridized carbons (Fsp3) is 0.565. The lowest BCUT2D eigenvalue weighted by Crippen LogP contribution is -2.51. The van der Waals surface area contributed by atoms with Crippen molar-refractivity contribution in [2.45, 2.75) is 62.9 Å². The van der Waals surface area contributed by atoms with Crippen LogP contribution in [0.5, 0.6) is 0 Å². The molecule has 2 aliphatic rings. The van der Waals surface area contributed by atoms with E-state index in [1.54, 1.807) is 24.8 Å². The quantitative estimate of drug-likeness (QED) is 0.676. The van der Waals surface area contributed by atoms with E-state index in [0.717, 1.165) is 30.0 Å². The van der Waals surface area contributed by atoms with Crippen molar-refractivity contribution in [1.29, 1.82) is 0 Å². The zero-order chi connectivity index (χ0) is 24.3.